The van der Waals surface area contributed by atoms with Gasteiger partial charge in [0.1, 0.15) is 6.61 Å². The van der Waals surface area contributed by atoms with Crippen LogP contribution in [-0.2, 0) is 9.53 Å². The summed E-state index contributed by atoms with van der Waals surface area (Å²) in [5, 5.41) is 0. The molecule has 1 saturated carbocycles. The Hall–Kier alpha value is -0.370. The molecule has 2 nitrogen and oxygen atoms in total. The predicted octanol–water partition coefficient (Wildman–Crippen LogP) is 2.42. The highest BCUT2D eigenvalue weighted by molar-refractivity contribution is 5.81. The average molecular weight is 184 g/mol. The second-order valence-electron chi connectivity index (χ2n) is 4.29. The van der Waals surface area contributed by atoms with Crippen LogP contribution < -0.4 is 0 Å². The molecule has 2 heteroatoms. The number of carbonyl (C=O) groups excluding carboxylic acids is 1. The van der Waals surface area contributed by atoms with E-state index in [2.05, 4.69) is 0 Å². The molecule has 0 aromatic rings. The normalized spacial score (nSPS) is 18.4. The van der Waals surface area contributed by atoms with Gasteiger partial charge in [0.25, 0.3) is 0 Å². The molecular formula is C11H20O2. The van der Waals surface area contributed by atoms with E-state index in [1.54, 1.807) is 0 Å². The fraction of sp³-hybridized carbons (Fsp3) is 0.909. The van der Waals surface area contributed by atoms with E-state index >= 15 is 0 Å². The maximum Gasteiger partial charge on any atom is 0.160 e. The highest BCUT2D eigenvalue weighted by Crippen LogP contribution is 2.24. The molecule has 0 amide bonds. The molecule has 0 N–H and O–H groups in total. The second kappa shape index (κ2) is 5.38. The number of ketones is 1. The molecule has 0 aromatic heterocycles. The number of rotatable bonds is 5. The summed E-state index contributed by atoms with van der Waals surface area (Å²) in [6.45, 7) is 4.94. The number of Topliss-reactive ketones (excluding diaryl/α,β-unsaturated/α-hetero) is 1. The van der Waals surface area contributed by atoms with Crippen molar-refractivity contribution in [2.24, 2.45) is 11.8 Å². The molecule has 0 radical (unpaired) electrons. The quantitative estimate of drug-likeness (QED) is 0.656. The summed E-state index contributed by atoms with van der Waals surface area (Å²) in [6, 6.07) is 0. The van der Waals surface area contributed by atoms with Crippen LogP contribution in [0.25, 0.3) is 0 Å². The molecule has 0 heterocycles. The first-order chi connectivity index (χ1) is 6.20. The summed E-state index contributed by atoms with van der Waals surface area (Å²) in [6.07, 6.45) is 5.25. The van der Waals surface area contributed by atoms with Crippen molar-refractivity contribution in [2.45, 2.75) is 39.5 Å². The summed E-state index contributed by atoms with van der Waals surface area (Å²) >= 11 is 0. The maximum atomic E-state index is 11.2. The molecule has 0 saturated heterocycles. The Labute approximate surface area is 80.7 Å². The molecule has 0 spiro atoms. The van der Waals surface area contributed by atoms with Crippen LogP contribution in [-0.4, -0.2) is 19.0 Å². The smallest absolute Gasteiger partial charge is 0.160 e. The van der Waals surface area contributed by atoms with E-state index in [1.165, 1.54) is 25.7 Å². The Kier molecular flexibility index (Phi) is 4.43. The Bertz CT molecular complexity index is 157. The molecule has 1 fully saturated rings. The highest BCUT2D eigenvalue weighted by Gasteiger charge is 2.15. The minimum atomic E-state index is 0.114. The molecule has 0 aliphatic heterocycles. The monoisotopic (exact) mass is 184 g/mol. The fourth-order valence-electron chi connectivity index (χ4n) is 1.67. The maximum absolute atomic E-state index is 11.2. The Morgan fingerprint density at radius 3 is 2.54 bits per heavy atom. The van der Waals surface area contributed by atoms with Gasteiger partial charge in [0.15, 0.2) is 5.78 Å². The summed E-state index contributed by atoms with van der Waals surface area (Å²) < 4.78 is 5.39. The van der Waals surface area contributed by atoms with Crippen molar-refractivity contribution in [3.63, 3.8) is 0 Å². The summed E-state index contributed by atoms with van der Waals surface area (Å²) in [4.78, 5) is 11.2. The average Bonchev–Trinajstić information content (AvgIpc) is 2.56. The zero-order valence-corrected chi connectivity index (χ0v) is 8.71. The van der Waals surface area contributed by atoms with Crippen molar-refractivity contribution in [1.82, 2.24) is 0 Å². The summed E-state index contributed by atoms with van der Waals surface area (Å²) in [7, 11) is 0. The molecular weight excluding hydrogens is 164 g/mol. The van der Waals surface area contributed by atoms with Crippen molar-refractivity contribution in [3.05, 3.63) is 0 Å². The fourth-order valence-corrected chi connectivity index (χ4v) is 1.67. The molecule has 0 bridgehead atoms. The lowest BCUT2D eigenvalue weighted by atomic mass is 10.1. The number of carbonyl (C=O) groups is 1. The zero-order chi connectivity index (χ0) is 9.68. The third kappa shape index (κ3) is 3.90. The van der Waals surface area contributed by atoms with E-state index in [9.17, 15) is 4.79 Å². The number of hydrogen-bond acceptors (Lipinski definition) is 2. The third-order valence-electron chi connectivity index (χ3n) is 2.72. The van der Waals surface area contributed by atoms with Gasteiger partial charge in [-0.05, 0) is 18.8 Å². The van der Waals surface area contributed by atoms with Crippen molar-refractivity contribution >= 4 is 5.78 Å². The summed E-state index contributed by atoms with van der Waals surface area (Å²) in [5.74, 6) is 1.06. The van der Waals surface area contributed by atoms with E-state index in [0.29, 0.717) is 6.61 Å². The lowest BCUT2D eigenvalue weighted by molar-refractivity contribution is -0.126. The van der Waals surface area contributed by atoms with Gasteiger partial charge in [-0.2, -0.15) is 0 Å². The van der Waals surface area contributed by atoms with Gasteiger partial charge < -0.3 is 4.74 Å². The third-order valence-corrected chi connectivity index (χ3v) is 2.72. The molecule has 0 aromatic carbocycles. The van der Waals surface area contributed by atoms with E-state index in [-0.39, 0.29) is 11.7 Å². The lowest BCUT2D eigenvalue weighted by Crippen LogP contribution is -2.17. The minimum Gasteiger partial charge on any atom is -0.373 e. The van der Waals surface area contributed by atoms with Gasteiger partial charge in [0, 0.05) is 12.5 Å². The molecule has 1 aliphatic rings. The Morgan fingerprint density at radius 2 is 2.00 bits per heavy atom. The van der Waals surface area contributed by atoms with E-state index in [0.717, 1.165) is 12.5 Å². The molecule has 0 unspecified atom stereocenters. The van der Waals surface area contributed by atoms with Crippen molar-refractivity contribution in [1.29, 1.82) is 0 Å². The second-order valence-corrected chi connectivity index (χ2v) is 4.29. The molecule has 1 rings (SSSR count). The number of ether oxygens (including phenoxy) is 1. The first-order valence-electron chi connectivity index (χ1n) is 5.30. The molecule has 13 heavy (non-hydrogen) atoms. The lowest BCUT2D eigenvalue weighted by Gasteiger charge is -2.10. The van der Waals surface area contributed by atoms with Crippen molar-refractivity contribution < 1.29 is 9.53 Å². The largest absolute Gasteiger partial charge is 0.373 e. The Balaban J connectivity index is 2.03. The van der Waals surface area contributed by atoms with Gasteiger partial charge >= 0.3 is 0 Å². The number of hydrogen-bond donors (Lipinski definition) is 0. The van der Waals surface area contributed by atoms with Crippen LogP contribution in [0.15, 0.2) is 0 Å². The van der Waals surface area contributed by atoms with E-state index in [1.807, 2.05) is 13.8 Å². The van der Waals surface area contributed by atoms with Crippen molar-refractivity contribution in [3.8, 4) is 0 Å². The van der Waals surface area contributed by atoms with E-state index in [4.69, 9.17) is 4.74 Å². The van der Waals surface area contributed by atoms with Crippen LogP contribution in [0.4, 0.5) is 0 Å². The van der Waals surface area contributed by atoms with Crippen LogP contribution in [0.3, 0.4) is 0 Å². The van der Waals surface area contributed by atoms with Crippen LogP contribution >= 0.6 is 0 Å². The van der Waals surface area contributed by atoms with Crippen molar-refractivity contribution in [2.75, 3.05) is 13.2 Å². The van der Waals surface area contributed by atoms with E-state index < -0.39 is 0 Å². The topological polar surface area (TPSA) is 26.3 Å². The first-order valence-corrected chi connectivity index (χ1v) is 5.30. The van der Waals surface area contributed by atoms with Crippen LogP contribution in [0.2, 0.25) is 0 Å². The van der Waals surface area contributed by atoms with Gasteiger partial charge in [0.2, 0.25) is 0 Å². The van der Waals surface area contributed by atoms with Gasteiger partial charge in [-0.3, -0.25) is 4.79 Å². The summed E-state index contributed by atoms with van der Waals surface area (Å²) in [5.41, 5.74) is 0. The SMILES string of the molecule is CC(C)C(=O)COCC1CCCC1. The molecule has 76 valence electrons. The van der Waals surface area contributed by atoms with Gasteiger partial charge in [-0.1, -0.05) is 26.7 Å². The zero-order valence-electron chi connectivity index (χ0n) is 8.71. The van der Waals surface area contributed by atoms with Gasteiger partial charge in [-0.15, -0.1) is 0 Å². The van der Waals surface area contributed by atoms with Crippen LogP contribution in [0.5, 0.6) is 0 Å². The van der Waals surface area contributed by atoms with Crippen LogP contribution in [0, 0.1) is 11.8 Å². The molecule has 1 aliphatic carbocycles. The highest BCUT2D eigenvalue weighted by atomic mass is 16.5. The van der Waals surface area contributed by atoms with Crippen LogP contribution in [0.1, 0.15) is 39.5 Å². The first kappa shape index (κ1) is 10.7. The Morgan fingerprint density at radius 1 is 1.38 bits per heavy atom. The van der Waals surface area contributed by atoms with Gasteiger partial charge in [0.05, 0.1) is 0 Å². The minimum absolute atomic E-state index is 0.114. The standard InChI is InChI=1S/C11H20O2/c1-9(2)11(12)8-13-7-10-5-3-4-6-10/h9-10H,3-8H2,1-2H3. The predicted molar refractivity (Wildman–Crippen MR) is 52.6 cm³/mol. The molecule has 0 atom stereocenters. The van der Waals surface area contributed by atoms with Gasteiger partial charge in [-0.25, -0.2) is 0 Å².